The van der Waals surface area contributed by atoms with E-state index in [1.807, 2.05) is 24.3 Å². The molecule has 0 aliphatic carbocycles. The smallest absolute Gasteiger partial charge is 0.269 e. The quantitative estimate of drug-likeness (QED) is 0.618. The Bertz CT molecular complexity index is 574. The van der Waals surface area contributed by atoms with E-state index in [0.29, 0.717) is 6.54 Å². The van der Waals surface area contributed by atoms with Crippen molar-refractivity contribution in [3.05, 3.63) is 53.5 Å². The van der Waals surface area contributed by atoms with E-state index in [2.05, 4.69) is 16.9 Å². The summed E-state index contributed by atoms with van der Waals surface area (Å²) < 4.78 is 1.73. The molecule has 0 aliphatic heterocycles. The summed E-state index contributed by atoms with van der Waals surface area (Å²) in [5.41, 5.74) is 1.65. The van der Waals surface area contributed by atoms with Crippen LogP contribution in [0.1, 0.15) is 0 Å². The molecule has 0 radical (unpaired) electrons. The number of para-hydroxylation sites is 2. The van der Waals surface area contributed by atoms with Gasteiger partial charge in [-0.2, -0.15) is 0 Å². The van der Waals surface area contributed by atoms with Gasteiger partial charge in [0.1, 0.15) is 0 Å². The van der Waals surface area contributed by atoms with Crippen LogP contribution in [0.15, 0.2) is 47.9 Å². The molecule has 0 spiro atoms. The van der Waals surface area contributed by atoms with Gasteiger partial charge in [0.15, 0.2) is 0 Å². The van der Waals surface area contributed by atoms with Crippen LogP contribution < -0.4 is 10.9 Å². The first kappa shape index (κ1) is 11.5. The van der Waals surface area contributed by atoms with Crippen molar-refractivity contribution in [2.75, 3.05) is 13.1 Å². The van der Waals surface area contributed by atoms with Gasteiger partial charge in [-0.3, -0.25) is 4.79 Å². The number of benzene rings is 1. The van der Waals surface area contributed by atoms with Crippen LogP contribution in [0.5, 0.6) is 0 Å². The Kier molecular flexibility index (Phi) is 3.67. The normalized spacial score (nSPS) is 10.6. The Morgan fingerprint density at radius 2 is 2.24 bits per heavy atom. The number of hydrogen-bond acceptors (Lipinski definition) is 3. The Hall–Kier alpha value is -1.94. The molecule has 88 valence electrons. The maximum absolute atomic E-state index is 11.7. The molecule has 0 fully saturated rings. The van der Waals surface area contributed by atoms with Gasteiger partial charge in [0.25, 0.3) is 5.56 Å². The molecule has 4 heteroatoms. The molecule has 1 aromatic heterocycles. The molecule has 0 aliphatic rings. The standard InChI is InChI=1S/C13H15N3O/c1-2-7-14-8-9-16-12-6-4-3-5-11(12)15-10-13(16)17/h2-6,10,14H,1,7-9H2. The van der Waals surface area contributed by atoms with Crippen LogP contribution in [0, 0.1) is 0 Å². The number of rotatable bonds is 5. The summed E-state index contributed by atoms with van der Waals surface area (Å²) in [7, 11) is 0. The average molecular weight is 229 g/mol. The summed E-state index contributed by atoms with van der Waals surface area (Å²) in [6.45, 7) is 5.75. The molecule has 1 aromatic carbocycles. The van der Waals surface area contributed by atoms with Crippen molar-refractivity contribution < 1.29 is 0 Å². The van der Waals surface area contributed by atoms with Crippen molar-refractivity contribution in [1.82, 2.24) is 14.9 Å². The Morgan fingerprint density at radius 1 is 1.41 bits per heavy atom. The molecule has 0 unspecified atom stereocenters. The predicted octanol–water partition coefficient (Wildman–Crippen LogP) is 1.17. The van der Waals surface area contributed by atoms with Gasteiger partial charge in [-0.05, 0) is 12.1 Å². The summed E-state index contributed by atoms with van der Waals surface area (Å²) in [5, 5.41) is 3.18. The zero-order chi connectivity index (χ0) is 12.1. The van der Waals surface area contributed by atoms with Crippen molar-refractivity contribution >= 4 is 11.0 Å². The Balaban J connectivity index is 2.28. The molecule has 0 atom stereocenters. The van der Waals surface area contributed by atoms with Crippen LogP contribution in [-0.4, -0.2) is 22.6 Å². The van der Waals surface area contributed by atoms with Gasteiger partial charge in [-0.1, -0.05) is 18.2 Å². The molecule has 17 heavy (non-hydrogen) atoms. The highest BCUT2D eigenvalue weighted by Crippen LogP contribution is 2.07. The van der Waals surface area contributed by atoms with E-state index in [1.54, 1.807) is 10.6 Å². The highest BCUT2D eigenvalue weighted by molar-refractivity contribution is 5.74. The largest absolute Gasteiger partial charge is 0.312 e. The number of nitrogens with zero attached hydrogens (tertiary/aromatic N) is 2. The molecule has 2 aromatic rings. The molecule has 0 saturated heterocycles. The van der Waals surface area contributed by atoms with Crippen molar-refractivity contribution in [3.63, 3.8) is 0 Å². The molecule has 0 bridgehead atoms. The summed E-state index contributed by atoms with van der Waals surface area (Å²) >= 11 is 0. The van der Waals surface area contributed by atoms with Gasteiger partial charge in [-0.25, -0.2) is 4.98 Å². The lowest BCUT2D eigenvalue weighted by Gasteiger charge is -2.09. The fourth-order valence-corrected chi connectivity index (χ4v) is 1.74. The van der Waals surface area contributed by atoms with Crippen LogP contribution in [-0.2, 0) is 6.54 Å². The van der Waals surface area contributed by atoms with Crippen LogP contribution in [0.2, 0.25) is 0 Å². The molecule has 4 nitrogen and oxygen atoms in total. The van der Waals surface area contributed by atoms with Gasteiger partial charge < -0.3 is 9.88 Å². The third-order valence-corrected chi connectivity index (χ3v) is 2.55. The zero-order valence-electron chi connectivity index (χ0n) is 9.60. The van der Waals surface area contributed by atoms with E-state index in [1.165, 1.54) is 6.20 Å². The highest BCUT2D eigenvalue weighted by Gasteiger charge is 2.02. The van der Waals surface area contributed by atoms with Crippen LogP contribution in [0.3, 0.4) is 0 Å². The number of fused-ring (bicyclic) bond motifs is 1. The second kappa shape index (κ2) is 5.41. The topological polar surface area (TPSA) is 46.9 Å². The molecular weight excluding hydrogens is 214 g/mol. The second-order valence-corrected chi connectivity index (χ2v) is 3.73. The number of aromatic nitrogens is 2. The van der Waals surface area contributed by atoms with Crippen LogP contribution in [0.4, 0.5) is 0 Å². The average Bonchev–Trinajstić information content (AvgIpc) is 2.37. The van der Waals surface area contributed by atoms with Gasteiger partial charge in [0.2, 0.25) is 0 Å². The van der Waals surface area contributed by atoms with E-state index >= 15 is 0 Å². The zero-order valence-corrected chi connectivity index (χ0v) is 9.60. The third kappa shape index (κ3) is 2.60. The van der Waals surface area contributed by atoms with Crippen LogP contribution in [0.25, 0.3) is 11.0 Å². The molecule has 1 heterocycles. The van der Waals surface area contributed by atoms with Crippen LogP contribution >= 0.6 is 0 Å². The monoisotopic (exact) mass is 229 g/mol. The van der Waals surface area contributed by atoms with Crippen molar-refractivity contribution in [2.45, 2.75) is 6.54 Å². The molecule has 1 N–H and O–H groups in total. The Labute approximate surface area is 99.6 Å². The van der Waals surface area contributed by atoms with E-state index in [4.69, 9.17) is 0 Å². The molecule has 2 rings (SSSR count). The van der Waals surface area contributed by atoms with E-state index in [-0.39, 0.29) is 5.56 Å². The minimum atomic E-state index is -0.0656. The lowest BCUT2D eigenvalue weighted by atomic mass is 10.3. The maximum Gasteiger partial charge on any atom is 0.269 e. The van der Waals surface area contributed by atoms with Crippen molar-refractivity contribution in [3.8, 4) is 0 Å². The van der Waals surface area contributed by atoms with E-state index in [0.717, 1.165) is 24.1 Å². The van der Waals surface area contributed by atoms with Crippen molar-refractivity contribution in [1.29, 1.82) is 0 Å². The summed E-state index contributed by atoms with van der Waals surface area (Å²) in [4.78, 5) is 15.9. The third-order valence-electron chi connectivity index (χ3n) is 2.55. The summed E-state index contributed by atoms with van der Waals surface area (Å²) in [6, 6.07) is 7.65. The van der Waals surface area contributed by atoms with Gasteiger partial charge in [0.05, 0.1) is 17.2 Å². The number of hydrogen-bond donors (Lipinski definition) is 1. The van der Waals surface area contributed by atoms with Crippen molar-refractivity contribution in [2.24, 2.45) is 0 Å². The maximum atomic E-state index is 11.7. The molecular formula is C13H15N3O. The Morgan fingerprint density at radius 3 is 3.06 bits per heavy atom. The van der Waals surface area contributed by atoms with E-state index in [9.17, 15) is 4.79 Å². The van der Waals surface area contributed by atoms with E-state index < -0.39 is 0 Å². The lowest BCUT2D eigenvalue weighted by molar-refractivity contribution is 0.623. The molecule has 0 amide bonds. The minimum Gasteiger partial charge on any atom is -0.312 e. The first-order valence-corrected chi connectivity index (χ1v) is 5.59. The lowest BCUT2D eigenvalue weighted by Crippen LogP contribution is -2.27. The SMILES string of the molecule is C=CCNCCn1c(=O)cnc2ccccc21. The highest BCUT2D eigenvalue weighted by atomic mass is 16.1. The predicted molar refractivity (Wildman–Crippen MR) is 69.1 cm³/mol. The summed E-state index contributed by atoms with van der Waals surface area (Å²) in [6.07, 6.45) is 3.17. The summed E-state index contributed by atoms with van der Waals surface area (Å²) in [5.74, 6) is 0. The molecule has 0 saturated carbocycles. The van der Waals surface area contributed by atoms with Gasteiger partial charge in [0, 0.05) is 19.6 Å². The van der Waals surface area contributed by atoms with Gasteiger partial charge >= 0.3 is 0 Å². The fraction of sp³-hybridized carbons (Fsp3) is 0.231. The minimum absolute atomic E-state index is 0.0656. The number of nitrogens with one attached hydrogen (secondary N) is 1. The second-order valence-electron chi connectivity index (χ2n) is 3.73. The first-order valence-electron chi connectivity index (χ1n) is 5.59. The van der Waals surface area contributed by atoms with Gasteiger partial charge in [-0.15, -0.1) is 6.58 Å². The first-order chi connectivity index (χ1) is 8.33. The fourth-order valence-electron chi connectivity index (χ4n) is 1.74.